The fourth-order valence-electron chi connectivity index (χ4n) is 1.24. The summed E-state index contributed by atoms with van der Waals surface area (Å²) in [6.45, 7) is 1.65. The minimum Gasteiger partial charge on any atom is -0.362 e. The van der Waals surface area contributed by atoms with Gasteiger partial charge in [0.25, 0.3) is 0 Å². The van der Waals surface area contributed by atoms with Crippen LogP contribution in [0.25, 0.3) is 0 Å². The zero-order valence-corrected chi connectivity index (χ0v) is 10.2. The molecule has 0 aliphatic rings. The largest absolute Gasteiger partial charge is 0.433 e. The van der Waals surface area contributed by atoms with Crippen molar-refractivity contribution in [1.82, 2.24) is 20.1 Å². The second-order valence-electron chi connectivity index (χ2n) is 3.49. The highest BCUT2D eigenvalue weighted by atomic mass is 35.5. The van der Waals surface area contributed by atoms with E-state index < -0.39 is 17.2 Å². The molecule has 0 radical (unpaired) electrons. The molecule has 6 nitrogen and oxygen atoms in total. The summed E-state index contributed by atoms with van der Waals surface area (Å²) < 4.78 is 42.2. The molecule has 1 N–H and O–H groups in total. The van der Waals surface area contributed by atoms with Crippen molar-refractivity contribution in [2.24, 2.45) is 0 Å². The first-order valence-corrected chi connectivity index (χ1v) is 5.37. The molecule has 10 heteroatoms. The Morgan fingerprint density at radius 3 is 2.63 bits per heavy atom. The van der Waals surface area contributed by atoms with Gasteiger partial charge in [0.05, 0.1) is 6.54 Å². The van der Waals surface area contributed by atoms with E-state index in [1.54, 1.807) is 6.92 Å². The lowest BCUT2D eigenvalue weighted by atomic mass is 10.4. The molecule has 19 heavy (non-hydrogen) atoms. The summed E-state index contributed by atoms with van der Waals surface area (Å²) in [6.07, 6.45) is -4.59. The lowest BCUT2D eigenvalue weighted by Gasteiger charge is -2.08. The predicted molar refractivity (Wildman–Crippen MR) is 58.4 cm³/mol. The van der Waals surface area contributed by atoms with Crippen molar-refractivity contribution in [3.05, 3.63) is 28.8 Å². The van der Waals surface area contributed by atoms with Crippen LogP contribution in [0.2, 0.25) is 5.28 Å². The van der Waals surface area contributed by atoms with Gasteiger partial charge < -0.3 is 9.84 Å². The van der Waals surface area contributed by atoms with Crippen LogP contribution in [0.3, 0.4) is 0 Å². The number of aryl methyl sites for hydroxylation is 1. The van der Waals surface area contributed by atoms with Gasteiger partial charge in [-0.15, -0.1) is 0 Å². The SMILES string of the molecule is Cc1nc(CNc2cc(C(F)(F)F)nc(Cl)n2)no1. The molecule has 102 valence electrons. The van der Waals surface area contributed by atoms with Gasteiger partial charge >= 0.3 is 6.18 Å². The molecule has 0 atom stereocenters. The number of nitrogens with zero attached hydrogens (tertiary/aromatic N) is 4. The molecule has 0 unspecified atom stereocenters. The molecule has 0 spiro atoms. The van der Waals surface area contributed by atoms with Gasteiger partial charge in [-0.1, -0.05) is 5.16 Å². The highest BCUT2D eigenvalue weighted by molar-refractivity contribution is 6.28. The molecule has 0 saturated carbocycles. The van der Waals surface area contributed by atoms with Crippen LogP contribution < -0.4 is 5.32 Å². The maximum Gasteiger partial charge on any atom is 0.433 e. The van der Waals surface area contributed by atoms with E-state index in [9.17, 15) is 13.2 Å². The van der Waals surface area contributed by atoms with Crippen molar-refractivity contribution in [2.75, 3.05) is 5.32 Å². The van der Waals surface area contributed by atoms with Crippen LogP contribution in [0, 0.1) is 6.92 Å². The molecule has 0 fully saturated rings. The Labute approximate surface area is 110 Å². The molecule has 0 amide bonds. The molecular formula is C9H7ClF3N5O. The van der Waals surface area contributed by atoms with Gasteiger partial charge in [0.15, 0.2) is 11.5 Å². The molecule has 0 bridgehead atoms. The van der Waals surface area contributed by atoms with E-state index in [0.29, 0.717) is 11.7 Å². The summed E-state index contributed by atoms with van der Waals surface area (Å²) in [4.78, 5) is 10.6. The van der Waals surface area contributed by atoms with Crippen LogP contribution in [0.5, 0.6) is 0 Å². The van der Waals surface area contributed by atoms with Crippen molar-refractivity contribution in [1.29, 1.82) is 0 Å². The quantitative estimate of drug-likeness (QED) is 0.876. The standard InChI is InChI=1S/C9H7ClF3N5O/c1-4-15-7(18-19-4)3-14-6-2-5(9(11,12)13)16-8(10)17-6/h2H,3H2,1H3,(H,14,16,17). The maximum atomic E-state index is 12.5. The summed E-state index contributed by atoms with van der Waals surface area (Å²) in [5, 5.41) is 5.69. The Balaban J connectivity index is 2.14. The second-order valence-corrected chi connectivity index (χ2v) is 3.83. The van der Waals surface area contributed by atoms with Crippen molar-refractivity contribution >= 4 is 17.4 Å². The van der Waals surface area contributed by atoms with Gasteiger partial charge in [-0.05, 0) is 11.6 Å². The first kappa shape index (κ1) is 13.5. The smallest absolute Gasteiger partial charge is 0.362 e. The molecule has 0 saturated heterocycles. The van der Waals surface area contributed by atoms with Crippen LogP contribution >= 0.6 is 11.6 Å². The van der Waals surface area contributed by atoms with Crippen LogP contribution in [-0.4, -0.2) is 20.1 Å². The number of anilines is 1. The van der Waals surface area contributed by atoms with Crippen molar-refractivity contribution in [3.63, 3.8) is 0 Å². The summed E-state index contributed by atoms with van der Waals surface area (Å²) >= 11 is 5.43. The molecule has 0 aliphatic heterocycles. The first-order chi connectivity index (χ1) is 8.84. The van der Waals surface area contributed by atoms with E-state index in [1.165, 1.54) is 0 Å². The van der Waals surface area contributed by atoms with Gasteiger partial charge in [-0.25, -0.2) is 9.97 Å². The van der Waals surface area contributed by atoms with Gasteiger partial charge in [0.1, 0.15) is 5.82 Å². The number of hydrogen-bond donors (Lipinski definition) is 1. The Hall–Kier alpha value is -1.90. The highest BCUT2D eigenvalue weighted by Crippen LogP contribution is 2.29. The zero-order chi connectivity index (χ0) is 14.0. The van der Waals surface area contributed by atoms with E-state index in [1.807, 2.05) is 0 Å². The number of alkyl halides is 3. The Kier molecular flexibility index (Phi) is 3.56. The predicted octanol–water partition coefficient (Wildman–Crippen LogP) is 2.45. The van der Waals surface area contributed by atoms with Gasteiger partial charge in [-0.3, -0.25) is 0 Å². The Bertz CT molecular complexity index is 585. The molecule has 2 heterocycles. The minimum absolute atomic E-state index is 0.0575. The molecule has 2 rings (SSSR count). The van der Waals surface area contributed by atoms with Crippen molar-refractivity contribution in [2.45, 2.75) is 19.6 Å². The van der Waals surface area contributed by atoms with Gasteiger partial charge in [0, 0.05) is 13.0 Å². The minimum atomic E-state index is -4.59. The third-order valence-electron chi connectivity index (χ3n) is 1.99. The second kappa shape index (κ2) is 5.00. The Morgan fingerprint density at radius 2 is 2.05 bits per heavy atom. The lowest BCUT2D eigenvalue weighted by Crippen LogP contribution is -2.11. The topological polar surface area (TPSA) is 76.7 Å². The number of rotatable bonds is 3. The van der Waals surface area contributed by atoms with Crippen LogP contribution in [-0.2, 0) is 12.7 Å². The molecule has 2 aromatic heterocycles. The Morgan fingerprint density at radius 1 is 1.32 bits per heavy atom. The van der Waals surface area contributed by atoms with E-state index >= 15 is 0 Å². The van der Waals surface area contributed by atoms with E-state index in [-0.39, 0.29) is 12.4 Å². The van der Waals surface area contributed by atoms with Crippen molar-refractivity contribution in [3.8, 4) is 0 Å². The van der Waals surface area contributed by atoms with E-state index in [4.69, 9.17) is 16.1 Å². The van der Waals surface area contributed by atoms with Crippen LogP contribution in [0.4, 0.5) is 19.0 Å². The zero-order valence-electron chi connectivity index (χ0n) is 9.49. The normalized spacial score (nSPS) is 11.6. The molecule has 2 aromatic rings. The lowest BCUT2D eigenvalue weighted by molar-refractivity contribution is -0.141. The monoisotopic (exact) mass is 293 g/mol. The summed E-state index contributed by atoms with van der Waals surface area (Å²) in [7, 11) is 0. The maximum absolute atomic E-state index is 12.5. The number of nitrogens with one attached hydrogen (secondary N) is 1. The number of hydrogen-bond acceptors (Lipinski definition) is 6. The summed E-state index contributed by atoms with van der Waals surface area (Å²) in [5.41, 5.74) is -1.13. The average molecular weight is 294 g/mol. The highest BCUT2D eigenvalue weighted by Gasteiger charge is 2.33. The van der Waals surface area contributed by atoms with Crippen molar-refractivity contribution < 1.29 is 17.7 Å². The molecule has 0 aromatic carbocycles. The average Bonchev–Trinajstić information content (AvgIpc) is 2.71. The number of halogens is 4. The van der Waals surface area contributed by atoms with E-state index in [0.717, 1.165) is 6.07 Å². The van der Waals surface area contributed by atoms with Gasteiger partial charge in [-0.2, -0.15) is 18.2 Å². The summed E-state index contributed by atoms with van der Waals surface area (Å²) in [6, 6.07) is 0.749. The van der Waals surface area contributed by atoms with Gasteiger partial charge in [0.2, 0.25) is 11.2 Å². The van der Waals surface area contributed by atoms with E-state index in [2.05, 4.69) is 25.4 Å². The van der Waals surface area contributed by atoms with Crippen LogP contribution in [0.15, 0.2) is 10.6 Å². The first-order valence-electron chi connectivity index (χ1n) is 4.99. The third-order valence-corrected chi connectivity index (χ3v) is 2.16. The fourth-order valence-corrected chi connectivity index (χ4v) is 1.42. The molecular weight excluding hydrogens is 287 g/mol. The van der Waals surface area contributed by atoms with Crippen LogP contribution in [0.1, 0.15) is 17.4 Å². The number of aromatic nitrogens is 4. The summed E-state index contributed by atoms with van der Waals surface area (Å²) in [5.74, 6) is 0.573. The third kappa shape index (κ3) is 3.53. The fraction of sp³-hybridized carbons (Fsp3) is 0.333. The molecule has 0 aliphatic carbocycles.